The summed E-state index contributed by atoms with van der Waals surface area (Å²) in [7, 11) is 0. The molecule has 0 atom stereocenters. The smallest absolute Gasteiger partial charge is 0.276 e. The first kappa shape index (κ1) is 20.4. The van der Waals surface area contributed by atoms with Gasteiger partial charge in [0.2, 0.25) is 0 Å². The van der Waals surface area contributed by atoms with Crippen molar-refractivity contribution in [3.8, 4) is 0 Å². The molecule has 4 rings (SSSR count). The summed E-state index contributed by atoms with van der Waals surface area (Å²) < 4.78 is 1.89. The molecule has 7 nitrogen and oxygen atoms in total. The van der Waals surface area contributed by atoms with Gasteiger partial charge in [-0.05, 0) is 38.8 Å². The highest BCUT2D eigenvalue weighted by Gasteiger charge is 2.30. The van der Waals surface area contributed by atoms with E-state index in [0.717, 1.165) is 58.2 Å². The van der Waals surface area contributed by atoms with Crippen LogP contribution in [0, 0.1) is 0 Å². The number of nitrogens with zero attached hydrogens (tertiary/aromatic N) is 5. The third-order valence-corrected chi connectivity index (χ3v) is 5.60. The second-order valence-corrected chi connectivity index (χ2v) is 6.98. The van der Waals surface area contributed by atoms with E-state index in [1.807, 2.05) is 15.8 Å². The van der Waals surface area contributed by atoms with Gasteiger partial charge in [-0.1, -0.05) is 11.6 Å². The maximum absolute atomic E-state index is 12.6. The molecule has 0 spiro atoms. The number of carbonyl (C=O) groups is 1. The van der Waals surface area contributed by atoms with Crippen LogP contribution in [0.2, 0.25) is 0 Å². The van der Waals surface area contributed by atoms with E-state index in [1.54, 1.807) is 0 Å². The van der Waals surface area contributed by atoms with Crippen LogP contribution in [0.5, 0.6) is 0 Å². The first-order valence-corrected chi connectivity index (χ1v) is 8.97. The average molecular weight is 391 g/mol. The minimum absolute atomic E-state index is 0. The molecule has 2 saturated heterocycles. The molecule has 1 aliphatic carbocycles. The van der Waals surface area contributed by atoms with Crippen molar-refractivity contribution in [1.29, 1.82) is 0 Å². The highest BCUT2D eigenvalue weighted by Crippen LogP contribution is 2.25. The number of aromatic nitrogens is 3. The number of nitrogens with one attached hydrogen (secondary N) is 1. The van der Waals surface area contributed by atoms with Gasteiger partial charge in [0.1, 0.15) is 0 Å². The molecule has 0 bridgehead atoms. The molecule has 142 valence electrons. The van der Waals surface area contributed by atoms with Crippen molar-refractivity contribution in [2.24, 2.45) is 0 Å². The maximum atomic E-state index is 12.6. The number of halogens is 2. The fourth-order valence-corrected chi connectivity index (χ4v) is 3.83. The third-order valence-electron chi connectivity index (χ3n) is 5.60. The highest BCUT2D eigenvalue weighted by atomic mass is 35.5. The molecule has 1 saturated carbocycles. The van der Waals surface area contributed by atoms with Crippen LogP contribution in [-0.4, -0.2) is 76.0 Å². The zero-order chi connectivity index (χ0) is 15.6. The Balaban J connectivity index is 0.00000113. The minimum atomic E-state index is 0. The van der Waals surface area contributed by atoms with E-state index >= 15 is 0 Å². The molecule has 9 heteroatoms. The summed E-state index contributed by atoms with van der Waals surface area (Å²) in [6.07, 6.45) is 7.98. The lowest BCUT2D eigenvalue weighted by Crippen LogP contribution is -2.53. The molecule has 1 N–H and O–H groups in total. The monoisotopic (exact) mass is 390 g/mol. The third kappa shape index (κ3) is 4.45. The Hall–Kier alpha value is -0.890. The van der Waals surface area contributed by atoms with Crippen LogP contribution in [0.15, 0.2) is 6.20 Å². The Morgan fingerprint density at radius 3 is 2.28 bits per heavy atom. The van der Waals surface area contributed by atoms with Crippen LogP contribution in [-0.2, 0) is 0 Å². The van der Waals surface area contributed by atoms with Gasteiger partial charge in [0.25, 0.3) is 5.91 Å². The summed E-state index contributed by atoms with van der Waals surface area (Å²) in [5.41, 5.74) is 0.501. The maximum Gasteiger partial charge on any atom is 0.276 e. The summed E-state index contributed by atoms with van der Waals surface area (Å²) in [4.78, 5) is 17.1. The first-order valence-electron chi connectivity index (χ1n) is 8.97. The van der Waals surface area contributed by atoms with Crippen molar-refractivity contribution in [1.82, 2.24) is 30.1 Å². The molecule has 3 aliphatic rings. The molecule has 3 fully saturated rings. The Morgan fingerprint density at radius 2 is 1.68 bits per heavy atom. The van der Waals surface area contributed by atoms with E-state index in [1.165, 1.54) is 19.3 Å². The summed E-state index contributed by atoms with van der Waals surface area (Å²) in [6, 6.07) is 1.15. The van der Waals surface area contributed by atoms with Crippen LogP contribution in [0.3, 0.4) is 0 Å². The molecule has 2 aliphatic heterocycles. The van der Waals surface area contributed by atoms with Crippen LogP contribution < -0.4 is 5.32 Å². The van der Waals surface area contributed by atoms with Crippen LogP contribution in [0.25, 0.3) is 0 Å². The zero-order valence-electron chi connectivity index (χ0n) is 14.5. The van der Waals surface area contributed by atoms with Gasteiger partial charge in [0, 0.05) is 32.2 Å². The topological polar surface area (TPSA) is 66.3 Å². The van der Waals surface area contributed by atoms with E-state index in [9.17, 15) is 4.79 Å². The standard InChI is InChI=1S/C16H26N6O.2ClH/c23-16(21-10-8-20(9-11-21)13-2-1-3-13)15-12-22(19-18-15)14-4-6-17-7-5-14;;/h12-14,17H,1-11H2;2*1H. The Labute approximate surface area is 161 Å². The van der Waals surface area contributed by atoms with Crippen molar-refractivity contribution >= 4 is 30.7 Å². The first-order chi connectivity index (χ1) is 11.3. The number of piperidine rings is 1. The second-order valence-electron chi connectivity index (χ2n) is 6.98. The molecule has 1 aromatic rings. The summed E-state index contributed by atoms with van der Waals surface area (Å²) in [5.74, 6) is 0.0402. The Morgan fingerprint density at radius 1 is 1.00 bits per heavy atom. The largest absolute Gasteiger partial charge is 0.335 e. The zero-order valence-corrected chi connectivity index (χ0v) is 16.1. The average Bonchev–Trinajstić information content (AvgIpc) is 3.04. The molecule has 25 heavy (non-hydrogen) atoms. The Bertz CT molecular complexity index is 551. The number of rotatable bonds is 3. The van der Waals surface area contributed by atoms with E-state index in [4.69, 9.17) is 0 Å². The molecule has 0 aromatic carbocycles. The van der Waals surface area contributed by atoms with Crippen molar-refractivity contribution in [2.45, 2.75) is 44.2 Å². The van der Waals surface area contributed by atoms with Crippen molar-refractivity contribution in [3.63, 3.8) is 0 Å². The van der Waals surface area contributed by atoms with Crippen LogP contribution >= 0.6 is 24.8 Å². The van der Waals surface area contributed by atoms with Crippen molar-refractivity contribution in [2.75, 3.05) is 39.3 Å². The van der Waals surface area contributed by atoms with E-state index in [2.05, 4.69) is 20.5 Å². The molecule has 0 radical (unpaired) electrons. The number of hydrogen-bond donors (Lipinski definition) is 1. The highest BCUT2D eigenvalue weighted by molar-refractivity contribution is 5.92. The van der Waals surface area contributed by atoms with Crippen molar-refractivity contribution in [3.05, 3.63) is 11.9 Å². The molecular formula is C16H28Cl2N6O. The predicted molar refractivity (Wildman–Crippen MR) is 101 cm³/mol. The molecule has 0 unspecified atom stereocenters. The number of hydrogen-bond acceptors (Lipinski definition) is 5. The number of piperazine rings is 1. The number of amides is 1. The quantitative estimate of drug-likeness (QED) is 0.843. The number of carbonyl (C=O) groups excluding carboxylic acids is 1. The molecular weight excluding hydrogens is 363 g/mol. The van der Waals surface area contributed by atoms with Gasteiger partial charge in [0.05, 0.1) is 12.2 Å². The van der Waals surface area contributed by atoms with Gasteiger partial charge >= 0.3 is 0 Å². The van der Waals surface area contributed by atoms with Crippen molar-refractivity contribution < 1.29 is 4.79 Å². The van der Waals surface area contributed by atoms with Gasteiger partial charge in [-0.15, -0.1) is 29.9 Å². The summed E-state index contributed by atoms with van der Waals surface area (Å²) in [5, 5.41) is 11.7. The lowest BCUT2D eigenvalue weighted by atomic mass is 9.91. The van der Waals surface area contributed by atoms with E-state index < -0.39 is 0 Å². The second kappa shape index (κ2) is 9.16. The molecule has 1 amide bonds. The lowest BCUT2D eigenvalue weighted by molar-refractivity contribution is 0.0451. The predicted octanol–water partition coefficient (Wildman–Crippen LogP) is 1.36. The van der Waals surface area contributed by atoms with Crippen LogP contribution in [0.1, 0.15) is 48.6 Å². The molecule has 1 aromatic heterocycles. The van der Waals surface area contributed by atoms with Gasteiger partial charge in [-0.2, -0.15) is 0 Å². The van der Waals surface area contributed by atoms with Gasteiger partial charge < -0.3 is 10.2 Å². The van der Waals surface area contributed by atoms with Gasteiger partial charge in [-0.3, -0.25) is 9.69 Å². The fraction of sp³-hybridized carbons (Fsp3) is 0.812. The minimum Gasteiger partial charge on any atom is -0.335 e. The van der Waals surface area contributed by atoms with E-state index in [-0.39, 0.29) is 30.7 Å². The fourth-order valence-electron chi connectivity index (χ4n) is 3.83. The lowest BCUT2D eigenvalue weighted by Gasteiger charge is -2.42. The van der Waals surface area contributed by atoms with Crippen LogP contribution in [0.4, 0.5) is 0 Å². The summed E-state index contributed by atoms with van der Waals surface area (Å²) in [6.45, 7) is 5.65. The molecule has 3 heterocycles. The van der Waals surface area contributed by atoms with E-state index in [0.29, 0.717) is 11.7 Å². The summed E-state index contributed by atoms with van der Waals surface area (Å²) >= 11 is 0. The Kier molecular flexibility index (Phi) is 7.49. The van der Waals surface area contributed by atoms with Gasteiger partial charge in [0.15, 0.2) is 5.69 Å². The SMILES string of the molecule is Cl.Cl.O=C(c1cn(C2CCNCC2)nn1)N1CCN(C2CCC2)CC1. The normalized spacial score (nSPS) is 22.6. The van der Waals surface area contributed by atoms with Gasteiger partial charge in [-0.25, -0.2) is 4.68 Å².